The summed E-state index contributed by atoms with van der Waals surface area (Å²) >= 11 is 6.45. The molecule has 19 heavy (non-hydrogen) atoms. The monoisotopic (exact) mass is 279 g/mol. The molecular weight excluding hydrogens is 258 g/mol. The first kappa shape index (κ1) is 13.4. The highest BCUT2D eigenvalue weighted by molar-refractivity contribution is 6.31. The van der Waals surface area contributed by atoms with Gasteiger partial charge in [-0.2, -0.15) is 0 Å². The largest absolute Gasteiger partial charge is 0.381 e. The average Bonchev–Trinajstić information content (AvgIpc) is 2.94. The number of hydrogen-bond donors (Lipinski definition) is 1. The van der Waals surface area contributed by atoms with Crippen molar-refractivity contribution in [1.82, 2.24) is 5.32 Å². The first-order chi connectivity index (χ1) is 9.33. The highest BCUT2D eigenvalue weighted by atomic mass is 35.5. The van der Waals surface area contributed by atoms with Crippen LogP contribution in [0.4, 0.5) is 0 Å². The van der Waals surface area contributed by atoms with Crippen LogP contribution >= 0.6 is 11.6 Å². The summed E-state index contributed by atoms with van der Waals surface area (Å²) in [6, 6.07) is 7.24. The van der Waals surface area contributed by atoms with Crippen LogP contribution in [0.2, 0.25) is 5.02 Å². The Bertz CT molecular complexity index is 423. The van der Waals surface area contributed by atoms with E-state index in [1.807, 2.05) is 0 Å². The van der Waals surface area contributed by atoms with Gasteiger partial charge >= 0.3 is 0 Å². The van der Waals surface area contributed by atoms with Crippen LogP contribution in [0.5, 0.6) is 0 Å². The summed E-state index contributed by atoms with van der Waals surface area (Å²) in [5, 5.41) is 4.51. The van der Waals surface area contributed by atoms with E-state index < -0.39 is 0 Å². The van der Waals surface area contributed by atoms with Gasteiger partial charge in [-0.05, 0) is 49.4 Å². The van der Waals surface area contributed by atoms with Gasteiger partial charge in [0, 0.05) is 23.6 Å². The molecule has 1 N–H and O–H groups in total. The van der Waals surface area contributed by atoms with Crippen molar-refractivity contribution in [2.24, 2.45) is 0 Å². The minimum atomic E-state index is 0.495. The predicted octanol–water partition coefficient (Wildman–Crippen LogP) is 3.53. The lowest BCUT2D eigenvalue weighted by Gasteiger charge is -2.23. The van der Waals surface area contributed by atoms with E-state index in [4.69, 9.17) is 16.3 Å². The van der Waals surface area contributed by atoms with Crippen molar-refractivity contribution in [3.8, 4) is 0 Å². The molecule has 3 heteroatoms. The van der Waals surface area contributed by atoms with Crippen molar-refractivity contribution in [2.45, 2.75) is 44.1 Å². The zero-order valence-corrected chi connectivity index (χ0v) is 12.1. The molecule has 1 aromatic carbocycles. The second-order valence-corrected chi connectivity index (χ2v) is 6.17. The summed E-state index contributed by atoms with van der Waals surface area (Å²) < 4.78 is 5.45. The second-order valence-electron chi connectivity index (χ2n) is 5.77. The molecule has 2 saturated heterocycles. The van der Waals surface area contributed by atoms with Crippen molar-refractivity contribution in [3.05, 3.63) is 34.3 Å². The Hall–Kier alpha value is -0.570. The number of rotatable bonds is 3. The van der Waals surface area contributed by atoms with Crippen LogP contribution in [0.15, 0.2) is 18.2 Å². The summed E-state index contributed by atoms with van der Waals surface area (Å²) in [4.78, 5) is 0. The number of ether oxygens (including phenoxy) is 1. The van der Waals surface area contributed by atoms with Gasteiger partial charge < -0.3 is 10.1 Å². The van der Waals surface area contributed by atoms with Gasteiger partial charge in [-0.3, -0.25) is 0 Å². The molecule has 1 aromatic rings. The van der Waals surface area contributed by atoms with E-state index in [2.05, 4.69) is 23.5 Å². The Morgan fingerprint density at radius 1 is 1.26 bits per heavy atom. The maximum Gasteiger partial charge on any atom is 0.0536 e. The van der Waals surface area contributed by atoms with Crippen LogP contribution in [0.1, 0.15) is 42.7 Å². The number of hydrogen-bond acceptors (Lipinski definition) is 2. The lowest BCUT2D eigenvalue weighted by Crippen LogP contribution is -2.35. The normalized spacial score (nSPS) is 27.6. The molecule has 0 saturated carbocycles. The van der Waals surface area contributed by atoms with Crippen molar-refractivity contribution < 1.29 is 4.74 Å². The standard InChI is InChI=1S/C16H22ClNO/c17-16-10-12(9-14-3-1-2-7-18-14)4-5-15(16)13-6-8-19-11-13/h4-5,10,13-14,18H,1-3,6-9,11H2. The molecule has 2 atom stereocenters. The number of halogens is 1. The third kappa shape index (κ3) is 3.31. The second kappa shape index (κ2) is 6.25. The van der Waals surface area contributed by atoms with E-state index in [9.17, 15) is 0 Å². The molecule has 0 spiro atoms. The van der Waals surface area contributed by atoms with Crippen LogP contribution in [-0.4, -0.2) is 25.8 Å². The Kier molecular flexibility index (Phi) is 4.42. The van der Waals surface area contributed by atoms with Gasteiger partial charge in [-0.15, -0.1) is 0 Å². The highest BCUT2D eigenvalue weighted by Crippen LogP contribution is 2.31. The average molecular weight is 280 g/mol. The molecule has 0 aliphatic carbocycles. The van der Waals surface area contributed by atoms with Gasteiger partial charge in [0.25, 0.3) is 0 Å². The van der Waals surface area contributed by atoms with Crippen molar-refractivity contribution >= 4 is 11.6 Å². The van der Waals surface area contributed by atoms with Crippen LogP contribution < -0.4 is 5.32 Å². The Labute approximate surface area is 120 Å². The lowest BCUT2D eigenvalue weighted by molar-refractivity contribution is 0.194. The fourth-order valence-corrected chi connectivity index (χ4v) is 3.55. The fraction of sp³-hybridized carbons (Fsp3) is 0.625. The topological polar surface area (TPSA) is 21.3 Å². The zero-order valence-electron chi connectivity index (χ0n) is 11.3. The Morgan fingerprint density at radius 2 is 2.21 bits per heavy atom. The number of benzene rings is 1. The first-order valence-electron chi connectivity index (χ1n) is 7.42. The fourth-order valence-electron chi connectivity index (χ4n) is 3.19. The SMILES string of the molecule is Clc1cc(CC2CCCCN2)ccc1C1CCOC1. The molecule has 2 fully saturated rings. The molecule has 2 nitrogen and oxygen atoms in total. The maximum atomic E-state index is 6.45. The van der Waals surface area contributed by atoms with Crippen LogP contribution in [0.3, 0.4) is 0 Å². The van der Waals surface area contributed by atoms with Crippen LogP contribution in [-0.2, 0) is 11.2 Å². The molecule has 0 amide bonds. The van der Waals surface area contributed by atoms with Gasteiger partial charge in [0.1, 0.15) is 0 Å². The molecule has 2 unspecified atom stereocenters. The minimum Gasteiger partial charge on any atom is -0.381 e. The summed E-state index contributed by atoms with van der Waals surface area (Å²) in [6.45, 7) is 2.86. The van der Waals surface area contributed by atoms with Gasteiger partial charge in [0.2, 0.25) is 0 Å². The molecular formula is C16H22ClNO. The van der Waals surface area contributed by atoms with Gasteiger partial charge in [-0.25, -0.2) is 0 Å². The van der Waals surface area contributed by atoms with Crippen molar-refractivity contribution in [2.75, 3.05) is 19.8 Å². The molecule has 2 aliphatic rings. The van der Waals surface area contributed by atoms with E-state index in [0.717, 1.165) is 37.6 Å². The molecule has 2 heterocycles. The molecule has 104 valence electrons. The maximum absolute atomic E-state index is 6.45. The van der Waals surface area contributed by atoms with E-state index >= 15 is 0 Å². The molecule has 2 aliphatic heterocycles. The van der Waals surface area contributed by atoms with E-state index in [1.54, 1.807) is 0 Å². The first-order valence-corrected chi connectivity index (χ1v) is 7.80. The van der Waals surface area contributed by atoms with E-state index in [1.165, 1.54) is 30.4 Å². The van der Waals surface area contributed by atoms with Gasteiger partial charge in [0.15, 0.2) is 0 Å². The van der Waals surface area contributed by atoms with Crippen LogP contribution in [0.25, 0.3) is 0 Å². The highest BCUT2D eigenvalue weighted by Gasteiger charge is 2.20. The number of nitrogens with one attached hydrogen (secondary N) is 1. The molecule has 0 aromatic heterocycles. The third-order valence-corrected chi connectivity index (χ3v) is 4.66. The smallest absolute Gasteiger partial charge is 0.0536 e. The molecule has 0 radical (unpaired) electrons. The summed E-state index contributed by atoms with van der Waals surface area (Å²) in [6.07, 6.45) is 6.15. The summed E-state index contributed by atoms with van der Waals surface area (Å²) in [5.74, 6) is 0.495. The van der Waals surface area contributed by atoms with Crippen molar-refractivity contribution in [1.29, 1.82) is 0 Å². The quantitative estimate of drug-likeness (QED) is 0.914. The van der Waals surface area contributed by atoms with E-state index in [0.29, 0.717) is 12.0 Å². The minimum absolute atomic E-state index is 0.495. The molecule has 3 rings (SSSR count). The predicted molar refractivity (Wildman–Crippen MR) is 79.0 cm³/mol. The van der Waals surface area contributed by atoms with Gasteiger partial charge in [0.05, 0.1) is 6.61 Å². The third-order valence-electron chi connectivity index (χ3n) is 4.33. The van der Waals surface area contributed by atoms with Crippen molar-refractivity contribution in [3.63, 3.8) is 0 Å². The van der Waals surface area contributed by atoms with E-state index in [-0.39, 0.29) is 0 Å². The number of piperidine rings is 1. The summed E-state index contributed by atoms with van der Waals surface area (Å²) in [5.41, 5.74) is 2.62. The lowest BCUT2D eigenvalue weighted by atomic mass is 9.94. The van der Waals surface area contributed by atoms with Crippen LogP contribution in [0, 0.1) is 0 Å². The molecule has 0 bridgehead atoms. The Balaban J connectivity index is 1.67. The van der Waals surface area contributed by atoms with Gasteiger partial charge in [-0.1, -0.05) is 30.2 Å². The Morgan fingerprint density at radius 3 is 2.89 bits per heavy atom. The zero-order chi connectivity index (χ0) is 13.1. The summed E-state index contributed by atoms with van der Waals surface area (Å²) in [7, 11) is 0.